The van der Waals surface area contributed by atoms with Crippen molar-refractivity contribution in [2.24, 2.45) is 5.73 Å². The molecular formula is C44H84NO10P. The van der Waals surface area contributed by atoms with Gasteiger partial charge in [0.25, 0.3) is 0 Å². The molecule has 0 aromatic carbocycles. The van der Waals surface area contributed by atoms with E-state index in [2.05, 4.69) is 13.8 Å². The van der Waals surface area contributed by atoms with Crippen LogP contribution in [0.1, 0.15) is 226 Å². The van der Waals surface area contributed by atoms with Crippen LogP contribution in [0, 0.1) is 0 Å². The van der Waals surface area contributed by atoms with Gasteiger partial charge in [0.05, 0.1) is 19.6 Å². The molecule has 0 aliphatic rings. The van der Waals surface area contributed by atoms with Crippen LogP contribution in [-0.2, 0) is 42.3 Å². The zero-order valence-corrected chi connectivity index (χ0v) is 36.8. The SMILES string of the molecule is CCCCCCCCCCCCCCCC(=O)OCC(COP(=O)(O)OCCN)OC(=O)CCCCCCCCC(=O)CC(=O)CCCCCCCCCCC. The van der Waals surface area contributed by atoms with Gasteiger partial charge in [0, 0.05) is 32.2 Å². The van der Waals surface area contributed by atoms with Gasteiger partial charge in [-0.25, -0.2) is 4.57 Å². The Balaban J connectivity index is 4.19. The Labute approximate surface area is 341 Å². The molecule has 0 rings (SSSR count). The summed E-state index contributed by atoms with van der Waals surface area (Å²) in [6, 6.07) is 0. The Morgan fingerprint density at radius 2 is 0.857 bits per heavy atom. The molecule has 0 aromatic rings. The minimum Gasteiger partial charge on any atom is -0.462 e. The van der Waals surface area contributed by atoms with Gasteiger partial charge in [-0.2, -0.15) is 0 Å². The number of carbonyl (C=O) groups is 4. The molecule has 0 amide bonds. The van der Waals surface area contributed by atoms with Crippen LogP contribution in [0.4, 0.5) is 0 Å². The van der Waals surface area contributed by atoms with E-state index in [-0.39, 0.29) is 50.6 Å². The fraction of sp³-hybridized carbons (Fsp3) is 0.909. The summed E-state index contributed by atoms with van der Waals surface area (Å²) in [6.45, 7) is 3.55. The predicted octanol–water partition coefficient (Wildman–Crippen LogP) is 11.6. The number of carbonyl (C=O) groups excluding carboxylic acids is 4. The van der Waals surface area contributed by atoms with Crippen molar-refractivity contribution in [2.45, 2.75) is 232 Å². The lowest BCUT2D eigenvalue weighted by atomic mass is 10.0. The third-order valence-corrected chi connectivity index (χ3v) is 11.0. The van der Waals surface area contributed by atoms with Gasteiger partial charge in [0.2, 0.25) is 0 Å². The number of hydrogen-bond donors (Lipinski definition) is 2. The lowest BCUT2D eigenvalue weighted by molar-refractivity contribution is -0.161. The average Bonchev–Trinajstić information content (AvgIpc) is 3.17. The quantitative estimate of drug-likeness (QED) is 0.0260. The van der Waals surface area contributed by atoms with Gasteiger partial charge in [0.1, 0.15) is 18.2 Å². The summed E-state index contributed by atoms with van der Waals surface area (Å²) < 4.78 is 32.7. The van der Waals surface area contributed by atoms with Gasteiger partial charge in [-0.05, 0) is 25.7 Å². The van der Waals surface area contributed by atoms with Gasteiger partial charge in [-0.3, -0.25) is 28.2 Å². The van der Waals surface area contributed by atoms with Gasteiger partial charge >= 0.3 is 19.8 Å². The maximum absolute atomic E-state index is 12.6. The van der Waals surface area contributed by atoms with Crippen molar-refractivity contribution in [1.29, 1.82) is 0 Å². The van der Waals surface area contributed by atoms with Crippen LogP contribution in [0.2, 0.25) is 0 Å². The molecule has 0 aliphatic carbocycles. The summed E-state index contributed by atoms with van der Waals surface area (Å²) in [5.74, 6) is -0.837. The fourth-order valence-electron chi connectivity index (χ4n) is 6.62. The van der Waals surface area contributed by atoms with Crippen molar-refractivity contribution in [3.63, 3.8) is 0 Å². The summed E-state index contributed by atoms with van der Waals surface area (Å²) in [7, 11) is -4.41. The number of unbranched alkanes of at least 4 members (excludes halogenated alkanes) is 25. The highest BCUT2D eigenvalue weighted by molar-refractivity contribution is 7.47. The first-order valence-electron chi connectivity index (χ1n) is 22.8. The molecule has 330 valence electrons. The second-order valence-corrected chi connectivity index (χ2v) is 17.1. The van der Waals surface area contributed by atoms with E-state index in [4.69, 9.17) is 24.3 Å². The molecule has 0 saturated carbocycles. The molecule has 2 atom stereocenters. The second-order valence-electron chi connectivity index (χ2n) is 15.6. The van der Waals surface area contributed by atoms with E-state index in [1.54, 1.807) is 0 Å². The number of phosphoric ester groups is 1. The first kappa shape index (κ1) is 54.3. The van der Waals surface area contributed by atoms with Gasteiger partial charge < -0.3 is 20.1 Å². The standard InChI is InChI=1S/C44H84NO10P/c1-3-5-7-9-11-13-14-15-16-18-20-25-29-33-43(48)52-38-42(39-54-56(50,51)53-36-35-45)55-44(49)34-30-26-22-21-24-28-32-41(47)37-40(46)31-27-23-19-17-12-10-8-6-4-2/h42H,3-39,45H2,1-2H3,(H,50,51). The molecule has 11 nitrogen and oxygen atoms in total. The summed E-state index contributed by atoms with van der Waals surface area (Å²) >= 11 is 0. The molecule has 2 unspecified atom stereocenters. The van der Waals surface area contributed by atoms with Crippen LogP contribution >= 0.6 is 7.82 Å². The zero-order chi connectivity index (χ0) is 41.4. The average molecular weight is 818 g/mol. The first-order chi connectivity index (χ1) is 27.1. The van der Waals surface area contributed by atoms with Crippen molar-refractivity contribution in [2.75, 3.05) is 26.4 Å². The second kappa shape index (κ2) is 40.1. The van der Waals surface area contributed by atoms with Crippen molar-refractivity contribution in [3.8, 4) is 0 Å². The Bertz CT molecular complexity index is 1010. The highest BCUT2D eigenvalue weighted by Crippen LogP contribution is 2.43. The minimum absolute atomic E-state index is 0.0287. The lowest BCUT2D eigenvalue weighted by Gasteiger charge is -2.19. The van der Waals surface area contributed by atoms with Crippen molar-refractivity contribution in [1.82, 2.24) is 0 Å². The molecule has 0 aliphatic heterocycles. The topological polar surface area (TPSA) is 169 Å². The van der Waals surface area contributed by atoms with E-state index in [0.29, 0.717) is 25.7 Å². The largest absolute Gasteiger partial charge is 0.472 e. The van der Waals surface area contributed by atoms with Gasteiger partial charge in [-0.15, -0.1) is 0 Å². The number of esters is 2. The number of ether oxygens (including phenoxy) is 2. The molecule has 56 heavy (non-hydrogen) atoms. The molecule has 0 radical (unpaired) electrons. The van der Waals surface area contributed by atoms with Crippen molar-refractivity contribution >= 4 is 31.3 Å². The third-order valence-electron chi connectivity index (χ3n) is 10.0. The molecular weight excluding hydrogens is 733 g/mol. The number of rotatable bonds is 44. The van der Waals surface area contributed by atoms with E-state index in [1.807, 2.05) is 0 Å². The number of phosphoric acid groups is 1. The summed E-state index contributed by atoms with van der Waals surface area (Å²) in [6.07, 6.45) is 31.7. The highest BCUT2D eigenvalue weighted by atomic mass is 31.2. The number of ketones is 2. The van der Waals surface area contributed by atoms with Crippen LogP contribution < -0.4 is 5.73 Å². The van der Waals surface area contributed by atoms with Crippen molar-refractivity contribution in [3.05, 3.63) is 0 Å². The van der Waals surface area contributed by atoms with Gasteiger partial charge in [-0.1, -0.05) is 168 Å². The molecule has 0 saturated heterocycles. The molecule has 0 heterocycles. The summed E-state index contributed by atoms with van der Waals surface area (Å²) in [5, 5.41) is 0. The molecule has 0 bridgehead atoms. The van der Waals surface area contributed by atoms with Gasteiger partial charge in [0.15, 0.2) is 6.10 Å². The van der Waals surface area contributed by atoms with E-state index in [1.165, 1.54) is 103 Å². The van der Waals surface area contributed by atoms with Crippen LogP contribution in [-0.4, -0.2) is 60.9 Å². The smallest absolute Gasteiger partial charge is 0.462 e. The predicted molar refractivity (Wildman–Crippen MR) is 225 cm³/mol. The number of hydrogen-bond acceptors (Lipinski definition) is 10. The lowest BCUT2D eigenvalue weighted by Crippen LogP contribution is -2.29. The number of Topliss-reactive ketones (excluding diaryl/α,β-unsaturated/α-hetero) is 2. The Hall–Kier alpha value is -1.65. The first-order valence-corrected chi connectivity index (χ1v) is 24.3. The monoisotopic (exact) mass is 818 g/mol. The number of nitrogens with two attached hydrogens (primary N) is 1. The molecule has 0 aromatic heterocycles. The highest BCUT2D eigenvalue weighted by Gasteiger charge is 2.26. The summed E-state index contributed by atoms with van der Waals surface area (Å²) in [4.78, 5) is 59.3. The normalized spacial score (nSPS) is 13.0. The zero-order valence-electron chi connectivity index (χ0n) is 35.9. The Kier molecular flexibility index (Phi) is 39.0. The maximum atomic E-state index is 12.6. The maximum Gasteiger partial charge on any atom is 0.472 e. The molecule has 3 N–H and O–H groups in total. The van der Waals surface area contributed by atoms with E-state index in [9.17, 15) is 28.6 Å². The van der Waals surface area contributed by atoms with Crippen LogP contribution in [0.15, 0.2) is 0 Å². The molecule has 0 fully saturated rings. The van der Waals surface area contributed by atoms with E-state index in [0.717, 1.165) is 64.2 Å². The minimum atomic E-state index is -4.41. The fourth-order valence-corrected chi connectivity index (χ4v) is 7.38. The molecule has 12 heteroatoms. The van der Waals surface area contributed by atoms with E-state index >= 15 is 0 Å². The van der Waals surface area contributed by atoms with Crippen LogP contribution in [0.5, 0.6) is 0 Å². The van der Waals surface area contributed by atoms with E-state index < -0.39 is 32.5 Å². The Morgan fingerprint density at radius 3 is 1.25 bits per heavy atom. The van der Waals surface area contributed by atoms with Crippen LogP contribution in [0.3, 0.4) is 0 Å². The third kappa shape index (κ3) is 39.2. The Morgan fingerprint density at radius 1 is 0.500 bits per heavy atom. The molecule has 0 spiro atoms. The van der Waals surface area contributed by atoms with Crippen LogP contribution in [0.25, 0.3) is 0 Å². The van der Waals surface area contributed by atoms with Crippen molar-refractivity contribution < 1.29 is 47.2 Å². The summed E-state index contributed by atoms with van der Waals surface area (Å²) in [5.41, 5.74) is 5.34.